The highest BCUT2D eigenvalue weighted by atomic mass is 35.5. The topological polar surface area (TPSA) is 96.0 Å². The fraction of sp³-hybridized carbons (Fsp3) is 0.310. The Labute approximate surface area is 239 Å². The Morgan fingerprint density at radius 1 is 1.02 bits per heavy atom. The van der Waals surface area contributed by atoms with Gasteiger partial charge in [-0.2, -0.15) is 0 Å². The van der Waals surface area contributed by atoms with Crippen molar-refractivity contribution < 1.29 is 27.1 Å². The van der Waals surface area contributed by atoms with E-state index in [9.17, 15) is 22.4 Å². The molecule has 0 spiro atoms. The van der Waals surface area contributed by atoms with Gasteiger partial charge in [0.25, 0.3) is 10.0 Å². The zero-order chi connectivity index (χ0) is 29.6. The summed E-state index contributed by atoms with van der Waals surface area (Å²) in [7, 11) is -2.95. The number of hydrogen-bond acceptors (Lipinski definition) is 5. The summed E-state index contributed by atoms with van der Waals surface area (Å²) in [6, 6.07) is 15.2. The summed E-state index contributed by atoms with van der Waals surface area (Å²) in [4.78, 5) is 28.0. The number of hydrogen-bond donors (Lipinski definition) is 1. The number of carbonyl (C=O) groups is 2. The highest BCUT2D eigenvalue weighted by molar-refractivity contribution is 7.92. The second kappa shape index (κ2) is 13.1. The Morgan fingerprint density at radius 3 is 2.27 bits per heavy atom. The quantitative estimate of drug-likeness (QED) is 0.342. The summed E-state index contributed by atoms with van der Waals surface area (Å²) < 4.78 is 48.9. The highest BCUT2D eigenvalue weighted by Crippen LogP contribution is 2.35. The molecule has 3 aromatic carbocycles. The summed E-state index contributed by atoms with van der Waals surface area (Å²) in [5.41, 5.74) is 1.06. The molecule has 0 fully saturated rings. The van der Waals surface area contributed by atoms with Crippen LogP contribution in [0.25, 0.3) is 0 Å². The molecule has 8 nitrogen and oxygen atoms in total. The Hall–Kier alpha value is -3.63. The maximum Gasteiger partial charge on any atom is 0.264 e. The standard InChI is InChI=1S/C29H33ClFN3O5S/c1-19(2)32-29(36)21(4)33(17-22-8-6-7-9-25(22)31)28(35)18-34(26-16-23(30)12-15-27(26)39-5)40(37,38)24-13-10-20(3)11-14-24/h6-16,19,21H,17-18H2,1-5H3,(H,32,36)/t21-/m1/s1. The second-order valence-electron chi connectivity index (χ2n) is 9.59. The summed E-state index contributed by atoms with van der Waals surface area (Å²) in [6.07, 6.45) is 0. The largest absolute Gasteiger partial charge is 0.495 e. The van der Waals surface area contributed by atoms with Crippen molar-refractivity contribution in [3.63, 3.8) is 0 Å². The number of nitrogens with one attached hydrogen (secondary N) is 1. The molecule has 2 amide bonds. The fourth-order valence-corrected chi connectivity index (χ4v) is 5.59. The number of aryl methyl sites for hydroxylation is 1. The smallest absolute Gasteiger partial charge is 0.264 e. The minimum atomic E-state index is -4.32. The van der Waals surface area contributed by atoms with Gasteiger partial charge < -0.3 is 15.0 Å². The molecule has 0 aromatic heterocycles. The summed E-state index contributed by atoms with van der Waals surface area (Å²) in [5, 5.41) is 2.98. The first-order valence-corrected chi connectivity index (χ1v) is 14.4. The van der Waals surface area contributed by atoms with Crippen LogP contribution in [0.1, 0.15) is 31.9 Å². The molecule has 0 saturated heterocycles. The number of carbonyl (C=O) groups excluding carboxylic acids is 2. The van der Waals surface area contributed by atoms with E-state index in [-0.39, 0.29) is 39.5 Å². The van der Waals surface area contributed by atoms with Crippen LogP contribution in [-0.2, 0) is 26.2 Å². The van der Waals surface area contributed by atoms with Crippen molar-refractivity contribution in [1.29, 1.82) is 0 Å². The number of benzene rings is 3. The first kappa shape index (κ1) is 30.9. The van der Waals surface area contributed by atoms with Crippen molar-refractivity contribution in [3.05, 3.63) is 88.7 Å². The Morgan fingerprint density at radius 2 is 1.68 bits per heavy atom. The molecule has 0 radical (unpaired) electrons. The van der Waals surface area contributed by atoms with Crippen LogP contribution in [0.5, 0.6) is 5.75 Å². The zero-order valence-corrected chi connectivity index (χ0v) is 24.6. The number of nitrogens with zero attached hydrogens (tertiary/aromatic N) is 2. The van der Waals surface area contributed by atoms with Gasteiger partial charge >= 0.3 is 0 Å². The molecule has 0 aliphatic heterocycles. The third kappa shape index (κ3) is 7.31. The number of anilines is 1. The molecule has 40 heavy (non-hydrogen) atoms. The van der Waals surface area contributed by atoms with E-state index in [0.29, 0.717) is 0 Å². The fourth-order valence-electron chi connectivity index (χ4n) is 4.01. The molecule has 0 bridgehead atoms. The van der Waals surface area contributed by atoms with Crippen molar-refractivity contribution in [2.24, 2.45) is 0 Å². The van der Waals surface area contributed by atoms with Gasteiger partial charge in [-0.3, -0.25) is 13.9 Å². The van der Waals surface area contributed by atoms with E-state index in [1.54, 1.807) is 32.0 Å². The van der Waals surface area contributed by atoms with E-state index in [1.807, 2.05) is 6.92 Å². The van der Waals surface area contributed by atoms with Crippen LogP contribution >= 0.6 is 11.6 Å². The lowest BCUT2D eigenvalue weighted by Gasteiger charge is -2.32. The first-order chi connectivity index (χ1) is 18.8. The predicted octanol–water partition coefficient (Wildman–Crippen LogP) is 4.93. The molecule has 0 aliphatic rings. The van der Waals surface area contributed by atoms with Crippen molar-refractivity contribution in [2.75, 3.05) is 18.0 Å². The molecule has 214 valence electrons. The lowest BCUT2D eigenvalue weighted by Crippen LogP contribution is -2.52. The van der Waals surface area contributed by atoms with Gasteiger partial charge in [-0.05, 0) is 64.1 Å². The molecule has 0 heterocycles. The molecular formula is C29H33ClFN3O5S. The van der Waals surface area contributed by atoms with E-state index >= 15 is 0 Å². The third-order valence-corrected chi connectivity index (χ3v) is 8.20. The Bertz CT molecular complexity index is 1460. The summed E-state index contributed by atoms with van der Waals surface area (Å²) in [5.74, 6) is -1.59. The van der Waals surface area contributed by atoms with Crippen LogP contribution in [0.15, 0.2) is 71.6 Å². The van der Waals surface area contributed by atoms with Gasteiger partial charge in [0.2, 0.25) is 11.8 Å². The zero-order valence-electron chi connectivity index (χ0n) is 23.0. The predicted molar refractivity (Wildman–Crippen MR) is 153 cm³/mol. The minimum Gasteiger partial charge on any atom is -0.495 e. The van der Waals surface area contributed by atoms with E-state index in [2.05, 4.69) is 5.32 Å². The second-order valence-corrected chi connectivity index (χ2v) is 11.9. The number of rotatable bonds is 11. The third-order valence-electron chi connectivity index (χ3n) is 6.19. The normalized spacial score (nSPS) is 12.1. The number of methoxy groups -OCH3 is 1. The number of amides is 2. The molecule has 3 rings (SSSR count). The number of ether oxygens (including phenoxy) is 1. The molecule has 11 heteroatoms. The molecule has 3 aromatic rings. The van der Waals surface area contributed by atoms with Crippen molar-refractivity contribution in [1.82, 2.24) is 10.2 Å². The van der Waals surface area contributed by atoms with Crippen LogP contribution in [0.2, 0.25) is 5.02 Å². The SMILES string of the molecule is COc1ccc(Cl)cc1N(CC(=O)N(Cc1ccccc1F)[C@H](C)C(=O)NC(C)C)S(=O)(=O)c1ccc(C)cc1. The average Bonchev–Trinajstić information content (AvgIpc) is 2.90. The first-order valence-electron chi connectivity index (χ1n) is 12.6. The minimum absolute atomic E-state index is 0.0362. The van der Waals surface area contributed by atoms with E-state index in [4.69, 9.17) is 16.3 Å². The molecule has 0 unspecified atom stereocenters. The molecule has 1 N–H and O–H groups in total. The van der Waals surface area contributed by atoms with Crippen LogP contribution < -0.4 is 14.4 Å². The Kier molecular flexibility index (Phi) is 10.2. The molecule has 1 atom stereocenters. The van der Waals surface area contributed by atoms with Gasteiger partial charge in [0.15, 0.2) is 0 Å². The molecular weight excluding hydrogens is 557 g/mol. The summed E-state index contributed by atoms with van der Waals surface area (Å²) in [6.45, 7) is 5.91. The van der Waals surface area contributed by atoms with Gasteiger partial charge in [-0.1, -0.05) is 47.5 Å². The summed E-state index contributed by atoms with van der Waals surface area (Å²) >= 11 is 6.23. The highest BCUT2D eigenvalue weighted by Gasteiger charge is 2.34. The van der Waals surface area contributed by atoms with E-state index in [0.717, 1.165) is 14.8 Å². The Balaban J connectivity index is 2.12. The lowest BCUT2D eigenvalue weighted by atomic mass is 10.1. The van der Waals surface area contributed by atoms with E-state index < -0.39 is 40.2 Å². The van der Waals surface area contributed by atoms with Gasteiger partial charge in [0, 0.05) is 23.2 Å². The van der Waals surface area contributed by atoms with Crippen LogP contribution in [0.4, 0.5) is 10.1 Å². The number of sulfonamides is 1. The van der Waals surface area contributed by atoms with Gasteiger partial charge in [-0.25, -0.2) is 12.8 Å². The monoisotopic (exact) mass is 589 g/mol. The van der Waals surface area contributed by atoms with E-state index in [1.165, 1.54) is 62.6 Å². The number of halogens is 2. The maximum absolute atomic E-state index is 14.6. The van der Waals surface area contributed by atoms with Gasteiger partial charge in [0.1, 0.15) is 24.2 Å². The molecule has 0 saturated carbocycles. The lowest BCUT2D eigenvalue weighted by molar-refractivity contribution is -0.139. The van der Waals surface area contributed by atoms with Crippen LogP contribution in [0, 0.1) is 12.7 Å². The van der Waals surface area contributed by atoms with Gasteiger partial charge in [0.05, 0.1) is 17.7 Å². The average molecular weight is 590 g/mol. The van der Waals surface area contributed by atoms with Crippen molar-refractivity contribution >= 4 is 39.1 Å². The maximum atomic E-state index is 14.6. The molecule has 0 aliphatic carbocycles. The van der Waals surface area contributed by atoms with Gasteiger partial charge in [-0.15, -0.1) is 0 Å². The van der Waals surface area contributed by atoms with Crippen molar-refractivity contribution in [3.8, 4) is 5.75 Å². The van der Waals surface area contributed by atoms with Crippen molar-refractivity contribution in [2.45, 2.75) is 51.2 Å². The van der Waals surface area contributed by atoms with Crippen LogP contribution in [0.3, 0.4) is 0 Å². The van der Waals surface area contributed by atoms with Crippen LogP contribution in [-0.4, -0.2) is 50.9 Å².